The lowest BCUT2D eigenvalue weighted by Crippen LogP contribution is -2.29. The molecule has 5 heteroatoms. The van der Waals surface area contributed by atoms with E-state index in [1.807, 2.05) is 46.7 Å². The molecule has 0 radical (unpaired) electrons. The van der Waals surface area contributed by atoms with Crippen LogP contribution in [-0.4, -0.2) is 17.9 Å². The number of carbonyl (C=O) groups is 1. The van der Waals surface area contributed by atoms with Gasteiger partial charge in [-0.05, 0) is 35.7 Å². The van der Waals surface area contributed by atoms with Gasteiger partial charge in [0.15, 0.2) is 0 Å². The highest BCUT2D eigenvalue weighted by atomic mass is 32.1. The Morgan fingerprint density at radius 2 is 2.13 bits per heavy atom. The highest BCUT2D eigenvalue weighted by molar-refractivity contribution is 7.09. The molecule has 0 fully saturated rings. The second-order valence-corrected chi connectivity index (χ2v) is 6.14. The van der Waals surface area contributed by atoms with Crippen molar-refractivity contribution < 1.29 is 13.9 Å². The van der Waals surface area contributed by atoms with Gasteiger partial charge in [-0.3, -0.25) is 4.79 Å². The minimum Gasteiger partial charge on any atom is -0.497 e. The third-order valence-corrected chi connectivity index (χ3v) is 4.35. The van der Waals surface area contributed by atoms with Crippen molar-refractivity contribution in [3.05, 3.63) is 76.4 Å². The van der Waals surface area contributed by atoms with Gasteiger partial charge < -0.3 is 14.1 Å². The van der Waals surface area contributed by atoms with E-state index in [-0.39, 0.29) is 5.91 Å². The fourth-order valence-corrected chi connectivity index (χ4v) is 3.05. The predicted octanol–water partition coefficient (Wildman–Crippen LogP) is 4.19. The number of hydrogen-bond donors (Lipinski definition) is 0. The van der Waals surface area contributed by atoms with E-state index in [0.717, 1.165) is 10.4 Å². The van der Waals surface area contributed by atoms with Crippen molar-refractivity contribution in [2.45, 2.75) is 13.1 Å². The average molecular weight is 327 g/mol. The molecule has 0 saturated heterocycles. The van der Waals surface area contributed by atoms with Crippen molar-refractivity contribution in [2.75, 3.05) is 7.11 Å². The number of amides is 1. The number of furan rings is 1. The molecular weight excluding hydrogens is 310 g/mol. The first-order valence-corrected chi connectivity index (χ1v) is 8.11. The molecule has 118 valence electrons. The zero-order valence-corrected chi connectivity index (χ0v) is 13.6. The fourth-order valence-electron chi connectivity index (χ4n) is 2.33. The molecule has 2 heterocycles. The van der Waals surface area contributed by atoms with Crippen molar-refractivity contribution in [3.63, 3.8) is 0 Å². The molecule has 4 nitrogen and oxygen atoms in total. The molecule has 1 aromatic carbocycles. The zero-order valence-electron chi connectivity index (χ0n) is 12.8. The van der Waals surface area contributed by atoms with E-state index in [1.165, 1.54) is 0 Å². The van der Waals surface area contributed by atoms with Crippen molar-refractivity contribution in [1.29, 1.82) is 0 Å². The van der Waals surface area contributed by atoms with Gasteiger partial charge in [0.1, 0.15) is 5.75 Å². The number of carbonyl (C=O) groups excluding carboxylic acids is 1. The van der Waals surface area contributed by atoms with E-state index >= 15 is 0 Å². The van der Waals surface area contributed by atoms with Gasteiger partial charge in [-0.1, -0.05) is 12.1 Å². The normalized spacial score (nSPS) is 10.5. The summed E-state index contributed by atoms with van der Waals surface area (Å²) in [6.07, 6.45) is 3.29. The molecule has 2 aromatic heterocycles. The number of rotatable bonds is 6. The predicted molar refractivity (Wildman–Crippen MR) is 89.6 cm³/mol. The first-order chi connectivity index (χ1) is 11.3. The maximum absolute atomic E-state index is 12.9. The Morgan fingerprint density at radius 3 is 2.83 bits per heavy atom. The van der Waals surface area contributed by atoms with Crippen LogP contribution in [-0.2, 0) is 13.1 Å². The molecule has 0 saturated carbocycles. The van der Waals surface area contributed by atoms with Crippen LogP contribution in [0, 0.1) is 0 Å². The molecule has 0 aliphatic heterocycles. The SMILES string of the molecule is COc1cccc(C(=O)N(Cc2ccoc2)Cc2cccs2)c1. The summed E-state index contributed by atoms with van der Waals surface area (Å²) in [4.78, 5) is 15.9. The van der Waals surface area contributed by atoms with Gasteiger partial charge in [-0.15, -0.1) is 11.3 Å². The smallest absolute Gasteiger partial charge is 0.254 e. The lowest BCUT2D eigenvalue weighted by Gasteiger charge is -2.22. The van der Waals surface area contributed by atoms with Gasteiger partial charge in [0.05, 0.1) is 26.2 Å². The zero-order chi connectivity index (χ0) is 16.1. The number of nitrogens with zero attached hydrogens (tertiary/aromatic N) is 1. The molecule has 0 bridgehead atoms. The van der Waals surface area contributed by atoms with Crippen LogP contribution < -0.4 is 4.74 Å². The van der Waals surface area contributed by atoms with E-state index in [9.17, 15) is 4.79 Å². The molecule has 1 amide bonds. The lowest BCUT2D eigenvalue weighted by molar-refractivity contribution is 0.0731. The fraction of sp³-hybridized carbons (Fsp3) is 0.167. The van der Waals surface area contributed by atoms with Gasteiger partial charge in [-0.25, -0.2) is 0 Å². The Bertz CT molecular complexity index is 714. The Hall–Kier alpha value is -2.53. The van der Waals surface area contributed by atoms with Gasteiger partial charge in [0, 0.05) is 22.5 Å². The quantitative estimate of drug-likeness (QED) is 0.682. The number of methoxy groups -OCH3 is 1. The Labute approximate surface area is 138 Å². The van der Waals surface area contributed by atoms with Crippen LogP contribution in [0.2, 0.25) is 0 Å². The molecule has 23 heavy (non-hydrogen) atoms. The van der Waals surface area contributed by atoms with E-state index in [0.29, 0.717) is 24.4 Å². The van der Waals surface area contributed by atoms with Crippen LogP contribution in [0.5, 0.6) is 5.75 Å². The summed E-state index contributed by atoms with van der Waals surface area (Å²) in [7, 11) is 1.60. The standard InChI is InChI=1S/C18H17NO3S/c1-21-16-5-2-4-15(10-16)18(20)19(11-14-7-8-22-13-14)12-17-6-3-9-23-17/h2-10,13H,11-12H2,1H3. The molecule has 0 atom stereocenters. The van der Waals surface area contributed by atoms with E-state index in [1.54, 1.807) is 37.0 Å². The van der Waals surface area contributed by atoms with Crippen LogP contribution in [0.1, 0.15) is 20.8 Å². The second kappa shape index (κ2) is 7.15. The van der Waals surface area contributed by atoms with E-state index < -0.39 is 0 Å². The molecule has 0 unspecified atom stereocenters. The first-order valence-electron chi connectivity index (χ1n) is 7.23. The molecule has 3 aromatic rings. The highest BCUT2D eigenvalue weighted by Crippen LogP contribution is 2.19. The number of benzene rings is 1. The molecule has 0 N–H and O–H groups in total. The summed E-state index contributed by atoms with van der Waals surface area (Å²) in [6, 6.07) is 13.1. The molecule has 0 spiro atoms. The first kappa shape index (κ1) is 15.4. The maximum atomic E-state index is 12.9. The minimum atomic E-state index is -0.0292. The second-order valence-electron chi connectivity index (χ2n) is 5.10. The van der Waals surface area contributed by atoms with Crippen molar-refractivity contribution >= 4 is 17.2 Å². The summed E-state index contributed by atoms with van der Waals surface area (Å²) in [5, 5.41) is 2.02. The Morgan fingerprint density at radius 1 is 1.22 bits per heavy atom. The van der Waals surface area contributed by atoms with Crippen LogP contribution in [0.15, 0.2) is 64.8 Å². The van der Waals surface area contributed by atoms with E-state index in [4.69, 9.17) is 9.15 Å². The number of thiophene rings is 1. The van der Waals surface area contributed by atoms with Crippen LogP contribution in [0.4, 0.5) is 0 Å². The summed E-state index contributed by atoms with van der Waals surface area (Å²) in [6.45, 7) is 1.07. The summed E-state index contributed by atoms with van der Waals surface area (Å²) >= 11 is 1.64. The van der Waals surface area contributed by atoms with E-state index in [2.05, 4.69) is 0 Å². The van der Waals surface area contributed by atoms with Crippen molar-refractivity contribution in [1.82, 2.24) is 4.90 Å². The molecule has 3 rings (SSSR count). The summed E-state index contributed by atoms with van der Waals surface area (Å²) < 4.78 is 10.3. The van der Waals surface area contributed by atoms with Crippen molar-refractivity contribution in [2.24, 2.45) is 0 Å². The molecular formula is C18H17NO3S. The highest BCUT2D eigenvalue weighted by Gasteiger charge is 2.18. The lowest BCUT2D eigenvalue weighted by atomic mass is 10.1. The largest absolute Gasteiger partial charge is 0.497 e. The maximum Gasteiger partial charge on any atom is 0.254 e. The average Bonchev–Trinajstić information content (AvgIpc) is 3.27. The van der Waals surface area contributed by atoms with Gasteiger partial charge in [0.2, 0.25) is 0 Å². The Kier molecular flexibility index (Phi) is 4.78. The van der Waals surface area contributed by atoms with Crippen LogP contribution in [0.25, 0.3) is 0 Å². The third-order valence-electron chi connectivity index (χ3n) is 3.48. The van der Waals surface area contributed by atoms with Crippen LogP contribution >= 0.6 is 11.3 Å². The summed E-state index contributed by atoms with van der Waals surface area (Å²) in [5.74, 6) is 0.647. The topological polar surface area (TPSA) is 42.7 Å². The van der Waals surface area contributed by atoms with Gasteiger partial charge in [-0.2, -0.15) is 0 Å². The third kappa shape index (κ3) is 3.81. The molecule has 0 aliphatic rings. The summed E-state index contributed by atoms with van der Waals surface area (Å²) in [5.41, 5.74) is 1.59. The van der Waals surface area contributed by atoms with Crippen LogP contribution in [0.3, 0.4) is 0 Å². The Balaban J connectivity index is 1.84. The molecule has 0 aliphatic carbocycles. The number of hydrogen-bond acceptors (Lipinski definition) is 4. The van der Waals surface area contributed by atoms with Crippen molar-refractivity contribution in [3.8, 4) is 5.75 Å². The monoisotopic (exact) mass is 327 g/mol. The van der Waals surface area contributed by atoms with Gasteiger partial charge >= 0.3 is 0 Å². The number of ether oxygens (including phenoxy) is 1. The van der Waals surface area contributed by atoms with Gasteiger partial charge in [0.25, 0.3) is 5.91 Å². The minimum absolute atomic E-state index is 0.0292.